The highest BCUT2D eigenvalue weighted by Gasteiger charge is 2.13. The maximum atomic E-state index is 10.9. The molecule has 1 N–H and O–H groups in total. The third kappa shape index (κ3) is 4.09. The number of benzene rings is 1. The number of hydrogen-bond donors (Lipinski definition) is 1. The van der Waals surface area contributed by atoms with Gasteiger partial charge in [0.05, 0.1) is 15.8 Å². The van der Waals surface area contributed by atoms with Gasteiger partial charge in [-0.3, -0.25) is 4.79 Å². The van der Waals surface area contributed by atoms with E-state index in [4.69, 9.17) is 0 Å². The lowest BCUT2D eigenvalue weighted by molar-refractivity contribution is -0.118. The number of nitrogens with zero attached hydrogens (tertiary/aromatic N) is 2. The maximum absolute atomic E-state index is 10.9. The number of aromatic nitrogens is 1. The lowest BCUT2D eigenvalue weighted by atomic mass is 10.2. The summed E-state index contributed by atoms with van der Waals surface area (Å²) in [7, 11) is 0. The molecule has 0 aliphatic carbocycles. The van der Waals surface area contributed by atoms with Gasteiger partial charge in [-0.2, -0.15) is 5.26 Å². The molecule has 1 aromatic carbocycles. The number of nitriles is 1. The number of allylic oxidation sites excluding steroid dienone is 2. The first kappa shape index (κ1) is 16.5. The molecule has 0 saturated carbocycles. The van der Waals surface area contributed by atoms with Gasteiger partial charge in [0.1, 0.15) is 11.1 Å². The molecule has 0 atom stereocenters. The fraction of sp³-hybridized carbons (Fsp3) is 0.312. The van der Waals surface area contributed by atoms with E-state index in [-0.39, 0.29) is 5.91 Å². The van der Waals surface area contributed by atoms with E-state index in [2.05, 4.69) is 16.4 Å². The van der Waals surface area contributed by atoms with Crippen LogP contribution < -0.4 is 5.32 Å². The second-order valence-corrected chi connectivity index (χ2v) is 6.62. The first-order valence-corrected chi connectivity index (χ1v) is 8.97. The molecule has 0 bridgehead atoms. The highest BCUT2D eigenvalue weighted by atomic mass is 32.2. The van der Waals surface area contributed by atoms with Crippen molar-refractivity contribution in [3.63, 3.8) is 0 Å². The number of rotatable bonds is 6. The van der Waals surface area contributed by atoms with Gasteiger partial charge in [0, 0.05) is 18.4 Å². The Morgan fingerprint density at radius 1 is 1.45 bits per heavy atom. The van der Waals surface area contributed by atoms with E-state index in [9.17, 15) is 10.1 Å². The molecule has 0 aliphatic heterocycles. The number of carbonyl (C=O) groups is 1. The van der Waals surface area contributed by atoms with Crippen LogP contribution in [0, 0.1) is 11.3 Å². The molecule has 0 unspecified atom stereocenters. The zero-order valence-corrected chi connectivity index (χ0v) is 14.2. The molecule has 1 aromatic heterocycles. The fourth-order valence-corrected chi connectivity index (χ4v) is 3.80. The van der Waals surface area contributed by atoms with Gasteiger partial charge in [-0.05, 0) is 31.2 Å². The van der Waals surface area contributed by atoms with Gasteiger partial charge in [0.15, 0.2) is 0 Å². The zero-order chi connectivity index (χ0) is 15.9. The average Bonchev–Trinajstić information content (AvgIpc) is 2.93. The number of nitrogens with one attached hydrogen (secondary N) is 1. The summed E-state index contributed by atoms with van der Waals surface area (Å²) in [5.41, 5.74) is 1.57. The number of para-hydroxylation sites is 1. The second kappa shape index (κ2) is 7.97. The smallest absolute Gasteiger partial charge is 0.216 e. The molecule has 6 heteroatoms. The summed E-state index contributed by atoms with van der Waals surface area (Å²) in [4.78, 5) is 16.5. The van der Waals surface area contributed by atoms with Crippen LogP contribution in [0.25, 0.3) is 15.8 Å². The van der Waals surface area contributed by atoms with E-state index in [0.29, 0.717) is 12.1 Å². The molecule has 114 valence electrons. The van der Waals surface area contributed by atoms with Gasteiger partial charge in [-0.1, -0.05) is 12.1 Å². The monoisotopic (exact) mass is 331 g/mol. The van der Waals surface area contributed by atoms with Gasteiger partial charge in [0.25, 0.3) is 0 Å². The van der Waals surface area contributed by atoms with E-state index in [1.54, 1.807) is 23.1 Å². The van der Waals surface area contributed by atoms with E-state index < -0.39 is 0 Å². The minimum Gasteiger partial charge on any atom is -0.356 e. The molecule has 0 aliphatic rings. The lowest BCUT2D eigenvalue weighted by Gasteiger charge is -2.06. The number of carbonyl (C=O) groups excluding carboxylic acids is 1. The predicted octanol–water partition coefficient (Wildman–Crippen LogP) is 3.81. The predicted molar refractivity (Wildman–Crippen MR) is 93.6 cm³/mol. The Bertz CT molecular complexity index is 710. The summed E-state index contributed by atoms with van der Waals surface area (Å²) < 4.78 is 1.09. The van der Waals surface area contributed by atoms with Crippen molar-refractivity contribution < 1.29 is 4.79 Å². The third-order valence-corrected chi connectivity index (χ3v) is 5.05. The van der Waals surface area contributed by atoms with E-state index in [1.807, 2.05) is 30.5 Å². The van der Waals surface area contributed by atoms with Crippen molar-refractivity contribution in [3.05, 3.63) is 34.2 Å². The summed E-state index contributed by atoms with van der Waals surface area (Å²) in [5, 5.41) is 13.1. The SMILES string of the molecule is CSC(CCCNC(C)=O)=C(C#N)c1nc2ccccc2s1. The Labute approximate surface area is 138 Å². The minimum atomic E-state index is -0.0265. The molecule has 4 nitrogen and oxygen atoms in total. The topological polar surface area (TPSA) is 65.8 Å². The molecule has 0 spiro atoms. The van der Waals surface area contributed by atoms with Crippen molar-refractivity contribution in [1.82, 2.24) is 10.3 Å². The standard InChI is InChI=1S/C16H17N3OS2/c1-11(20)18-9-5-8-14(21-2)12(10-17)16-19-13-6-3-4-7-15(13)22-16/h3-4,6-7H,5,8-9H2,1-2H3,(H,18,20). The molecule has 0 radical (unpaired) electrons. The van der Waals surface area contributed by atoms with E-state index >= 15 is 0 Å². The van der Waals surface area contributed by atoms with Crippen LogP contribution in [0.3, 0.4) is 0 Å². The van der Waals surface area contributed by atoms with Gasteiger partial charge in [-0.25, -0.2) is 4.98 Å². The van der Waals surface area contributed by atoms with Crippen LogP contribution >= 0.6 is 23.1 Å². The molecular formula is C16H17N3OS2. The van der Waals surface area contributed by atoms with Gasteiger partial charge >= 0.3 is 0 Å². The van der Waals surface area contributed by atoms with Crippen molar-refractivity contribution in [1.29, 1.82) is 5.26 Å². The highest BCUT2D eigenvalue weighted by molar-refractivity contribution is 8.02. The average molecular weight is 331 g/mol. The number of thioether (sulfide) groups is 1. The van der Waals surface area contributed by atoms with E-state index in [0.717, 1.165) is 33.0 Å². The Kier molecular flexibility index (Phi) is 5.99. The molecular weight excluding hydrogens is 314 g/mol. The van der Waals surface area contributed by atoms with E-state index in [1.165, 1.54) is 6.92 Å². The molecule has 22 heavy (non-hydrogen) atoms. The van der Waals surface area contributed by atoms with Crippen LogP contribution in [0.4, 0.5) is 0 Å². The van der Waals surface area contributed by atoms with Crippen LogP contribution in [0.15, 0.2) is 29.2 Å². The summed E-state index contributed by atoms with van der Waals surface area (Å²) >= 11 is 3.12. The van der Waals surface area contributed by atoms with Gasteiger partial charge < -0.3 is 5.32 Å². The number of fused-ring (bicyclic) bond motifs is 1. The van der Waals surface area contributed by atoms with Gasteiger partial charge in [-0.15, -0.1) is 23.1 Å². The molecule has 0 fully saturated rings. The Morgan fingerprint density at radius 3 is 2.86 bits per heavy atom. The normalized spacial score (nSPS) is 11.9. The largest absolute Gasteiger partial charge is 0.356 e. The maximum Gasteiger partial charge on any atom is 0.216 e. The van der Waals surface area contributed by atoms with Crippen LogP contribution in [0.1, 0.15) is 24.8 Å². The summed E-state index contributed by atoms with van der Waals surface area (Å²) in [6, 6.07) is 10.2. The molecule has 2 aromatic rings. The highest BCUT2D eigenvalue weighted by Crippen LogP contribution is 2.33. The number of hydrogen-bond acceptors (Lipinski definition) is 5. The van der Waals surface area contributed by atoms with Crippen molar-refractivity contribution >= 4 is 44.8 Å². The van der Waals surface area contributed by atoms with Crippen molar-refractivity contribution in [2.24, 2.45) is 0 Å². The lowest BCUT2D eigenvalue weighted by Crippen LogP contribution is -2.20. The number of amides is 1. The Balaban J connectivity index is 2.22. The molecule has 1 amide bonds. The quantitative estimate of drug-likeness (QED) is 0.646. The van der Waals surface area contributed by atoms with Crippen LogP contribution in [0.2, 0.25) is 0 Å². The van der Waals surface area contributed by atoms with Crippen LogP contribution in [0.5, 0.6) is 0 Å². The zero-order valence-electron chi connectivity index (χ0n) is 12.5. The van der Waals surface area contributed by atoms with Crippen molar-refractivity contribution in [2.75, 3.05) is 12.8 Å². The third-order valence-electron chi connectivity index (χ3n) is 3.10. The van der Waals surface area contributed by atoms with Crippen LogP contribution in [-0.2, 0) is 4.79 Å². The summed E-state index contributed by atoms with van der Waals surface area (Å²) in [6.07, 6.45) is 3.55. The molecule has 2 rings (SSSR count). The van der Waals surface area contributed by atoms with Crippen LogP contribution in [-0.4, -0.2) is 23.7 Å². The Morgan fingerprint density at radius 2 is 2.23 bits per heavy atom. The Hall–Kier alpha value is -1.84. The van der Waals surface area contributed by atoms with Crippen molar-refractivity contribution in [3.8, 4) is 6.07 Å². The van der Waals surface area contributed by atoms with Gasteiger partial charge in [0.2, 0.25) is 5.91 Å². The fourth-order valence-electron chi connectivity index (χ4n) is 2.05. The second-order valence-electron chi connectivity index (χ2n) is 4.69. The first-order chi connectivity index (χ1) is 10.7. The van der Waals surface area contributed by atoms with Crippen molar-refractivity contribution in [2.45, 2.75) is 19.8 Å². The first-order valence-electron chi connectivity index (χ1n) is 6.93. The summed E-state index contributed by atoms with van der Waals surface area (Å²) in [6.45, 7) is 2.13. The molecule has 1 heterocycles. The number of thiazole rings is 1. The molecule has 0 saturated heterocycles. The minimum absolute atomic E-state index is 0.0265. The summed E-state index contributed by atoms with van der Waals surface area (Å²) in [5.74, 6) is -0.0265.